The van der Waals surface area contributed by atoms with E-state index < -0.39 is 0 Å². The van der Waals surface area contributed by atoms with Crippen LogP contribution in [0.1, 0.15) is 11.1 Å². The molecule has 0 saturated heterocycles. The molecule has 4 N–H and O–H groups in total. The highest BCUT2D eigenvalue weighted by molar-refractivity contribution is 6.18. The Morgan fingerprint density at radius 3 is 2.58 bits per heavy atom. The molecule has 0 radical (unpaired) electrons. The summed E-state index contributed by atoms with van der Waals surface area (Å²) in [4.78, 5) is 0. The van der Waals surface area contributed by atoms with Crippen LogP contribution in [0.15, 0.2) is 12.1 Å². The van der Waals surface area contributed by atoms with Gasteiger partial charge in [-0.15, -0.1) is 11.6 Å². The van der Waals surface area contributed by atoms with Gasteiger partial charge in [0.25, 0.3) is 0 Å². The Balaban J connectivity index is 3.14. The molecule has 0 atom stereocenters. The number of halogens is 1. The summed E-state index contributed by atoms with van der Waals surface area (Å²) in [6.45, 7) is 1.96. The zero-order valence-electron chi connectivity index (χ0n) is 7.10. The molecular formula is C9H13ClN2. The number of rotatable bonds is 2. The zero-order chi connectivity index (χ0) is 9.14. The Hall–Kier alpha value is -0.890. The second kappa shape index (κ2) is 3.68. The van der Waals surface area contributed by atoms with E-state index in [1.54, 1.807) is 0 Å². The van der Waals surface area contributed by atoms with Crippen LogP contribution in [0.25, 0.3) is 0 Å². The summed E-state index contributed by atoms with van der Waals surface area (Å²) < 4.78 is 0. The molecule has 0 aliphatic heterocycles. The van der Waals surface area contributed by atoms with Crippen molar-refractivity contribution in [3.05, 3.63) is 23.3 Å². The molecule has 66 valence electrons. The molecule has 12 heavy (non-hydrogen) atoms. The van der Waals surface area contributed by atoms with Crippen LogP contribution in [0.4, 0.5) is 11.4 Å². The van der Waals surface area contributed by atoms with Crippen molar-refractivity contribution in [3.63, 3.8) is 0 Å². The van der Waals surface area contributed by atoms with Gasteiger partial charge in [0.15, 0.2) is 0 Å². The molecule has 2 nitrogen and oxygen atoms in total. The van der Waals surface area contributed by atoms with Crippen molar-refractivity contribution in [2.75, 3.05) is 17.3 Å². The monoisotopic (exact) mass is 184 g/mol. The lowest BCUT2D eigenvalue weighted by atomic mass is 10.0. The molecule has 0 amide bonds. The fourth-order valence-corrected chi connectivity index (χ4v) is 1.36. The molecule has 0 heterocycles. The zero-order valence-corrected chi connectivity index (χ0v) is 7.86. The van der Waals surface area contributed by atoms with E-state index >= 15 is 0 Å². The highest BCUT2D eigenvalue weighted by atomic mass is 35.5. The van der Waals surface area contributed by atoms with Crippen LogP contribution >= 0.6 is 11.6 Å². The Morgan fingerprint density at radius 1 is 1.33 bits per heavy atom. The average Bonchev–Trinajstić information content (AvgIpc) is 2.06. The number of alkyl halides is 1. The topological polar surface area (TPSA) is 52.0 Å². The van der Waals surface area contributed by atoms with Crippen molar-refractivity contribution in [3.8, 4) is 0 Å². The maximum atomic E-state index is 5.83. The molecule has 0 fully saturated rings. The summed E-state index contributed by atoms with van der Waals surface area (Å²) >= 11 is 5.62. The van der Waals surface area contributed by atoms with Gasteiger partial charge in [-0.25, -0.2) is 0 Å². The van der Waals surface area contributed by atoms with E-state index in [4.69, 9.17) is 23.1 Å². The van der Waals surface area contributed by atoms with Gasteiger partial charge in [0.1, 0.15) is 0 Å². The molecule has 0 bridgehead atoms. The smallest absolute Gasteiger partial charge is 0.0397 e. The van der Waals surface area contributed by atoms with Crippen LogP contribution in [0.5, 0.6) is 0 Å². The van der Waals surface area contributed by atoms with Crippen molar-refractivity contribution in [1.29, 1.82) is 0 Å². The average molecular weight is 185 g/mol. The van der Waals surface area contributed by atoms with Crippen LogP contribution in [0.2, 0.25) is 0 Å². The second-order valence-corrected chi connectivity index (χ2v) is 3.18. The van der Waals surface area contributed by atoms with Crippen LogP contribution in [-0.2, 0) is 6.42 Å². The summed E-state index contributed by atoms with van der Waals surface area (Å²) in [5.41, 5.74) is 15.1. The van der Waals surface area contributed by atoms with E-state index in [0.717, 1.165) is 28.9 Å². The van der Waals surface area contributed by atoms with Crippen molar-refractivity contribution in [1.82, 2.24) is 0 Å². The van der Waals surface area contributed by atoms with Gasteiger partial charge in [-0.05, 0) is 30.5 Å². The molecule has 0 aliphatic carbocycles. The normalized spacial score (nSPS) is 10.2. The lowest BCUT2D eigenvalue weighted by Crippen LogP contribution is -2.02. The Morgan fingerprint density at radius 2 is 2.00 bits per heavy atom. The first-order valence-corrected chi connectivity index (χ1v) is 4.39. The Labute approximate surface area is 77.5 Å². The van der Waals surface area contributed by atoms with E-state index in [2.05, 4.69) is 0 Å². The molecule has 3 heteroatoms. The lowest BCUT2D eigenvalue weighted by Gasteiger charge is -2.09. The van der Waals surface area contributed by atoms with Crippen LogP contribution in [0, 0.1) is 6.92 Å². The Bertz CT molecular complexity index is 284. The first-order valence-electron chi connectivity index (χ1n) is 3.86. The summed E-state index contributed by atoms with van der Waals surface area (Å²) in [6.07, 6.45) is 0.737. The molecule has 0 unspecified atom stereocenters. The Kier molecular flexibility index (Phi) is 2.82. The molecule has 0 spiro atoms. The predicted molar refractivity (Wildman–Crippen MR) is 54.4 cm³/mol. The van der Waals surface area contributed by atoms with Crippen LogP contribution in [-0.4, -0.2) is 5.88 Å². The number of hydrogen-bond acceptors (Lipinski definition) is 2. The standard InChI is InChI=1S/C9H13ClN2/c1-6-2-3-8(11)7(4-5-10)9(6)12/h2-3H,4-5,11-12H2,1H3. The third-order valence-corrected chi connectivity index (χ3v) is 2.14. The van der Waals surface area contributed by atoms with Crippen molar-refractivity contribution < 1.29 is 0 Å². The van der Waals surface area contributed by atoms with Gasteiger partial charge < -0.3 is 11.5 Å². The van der Waals surface area contributed by atoms with E-state index in [1.807, 2.05) is 19.1 Å². The highest BCUT2D eigenvalue weighted by Crippen LogP contribution is 2.23. The van der Waals surface area contributed by atoms with Crippen molar-refractivity contribution >= 4 is 23.0 Å². The van der Waals surface area contributed by atoms with E-state index in [-0.39, 0.29) is 0 Å². The van der Waals surface area contributed by atoms with Gasteiger partial charge in [0.2, 0.25) is 0 Å². The molecule has 1 rings (SSSR count). The van der Waals surface area contributed by atoms with Crippen molar-refractivity contribution in [2.24, 2.45) is 0 Å². The summed E-state index contributed by atoms with van der Waals surface area (Å²) in [7, 11) is 0. The van der Waals surface area contributed by atoms with Crippen molar-refractivity contribution in [2.45, 2.75) is 13.3 Å². The summed E-state index contributed by atoms with van der Waals surface area (Å²) in [5.74, 6) is 0.553. The van der Waals surface area contributed by atoms with E-state index in [9.17, 15) is 0 Å². The van der Waals surface area contributed by atoms with Crippen LogP contribution in [0.3, 0.4) is 0 Å². The molecule has 0 aromatic heterocycles. The third kappa shape index (κ3) is 1.64. The van der Waals surface area contributed by atoms with Crippen LogP contribution < -0.4 is 11.5 Å². The van der Waals surface area contributed by atoms with Gasteiger partial charge in [-0.2, -0.15) is 0 Å². The minimum absolute atomic E-state index is 0.553. The largest absolute Gasteiger partial charge is 0.398 e. The number of benzene rings is 1. The van der Waals surface area contributed by atoms with E-state index in [0.29, 0.717) is 5.88 Å². The van der Waals surface area contributed by atoms with Gasteiger partial charge in [-0.1, -0.05) is 6.07 Å². The minimum atomic E-state index is 0.553. The number of nitrogen functional groups attached to an aromatic ring is 2. The van der Waals surface area contributed by atoms with Gasteiger partial charge in [0, 0.05) is 17.3 Å². The lowest BCUT2D eigenvalue weighted by molar-refractivity contribution is 1.15. The molecule has 1 aromatic rings. The number of anilines is 2. The van der Waals surface area contributed by atoms with E-state index in [1.165, 1.54) is 0 Å². The molecule has 0 saturated carbocycles. The molecular weight excluding hydrogens is 172 g/mol. The third-order valence-electron chi connectivity index (χ3n) is 1.96. The summed E-state index contributed by atoms with van der Waals surface area (Å²) in [5, 5.41) is 0. The minimum Gasteiger partial charge on any atom is -0.398 e. The molecule has 0 aliphatic rings. The first kappa shape index (κ1) is 9.20. The fourth-order valence-electron chi connectivity index (χ4n) is 1.17. The molecule has 1 aromatic carbocycles. The van der Waals surface area contributed by atoms with Gasteiger partial charge in [0.05, 0.1) is 0 Å². The maximum absolute atomic E-state index is 5.83. The van der Waals surface area contributed by atoms with Gasteiger partial charge in [-0.3, -0.25) is 0 Å². The first-order chi connectivity index (χ1) is 5.66. The number of nitrogens with two attached hydrogens (primary N) is 2. The fraction of sp³-hybridized carbons (Fsp3) is 0.333. The quantitative estimate of drug-likeness (QED) is 0.545. The number of hydrogen-bond donors (Lipinski definition) is 2. The van der Waals surface area contributed by atoms with Gasteiger partial charge >= 0.3 is 0 Å². The highest BCUT2D eigenvalue weighted by Gasteiger charge is 2.04. The SMILES string of the molecule is Cc1ccc(N)c(CCCl)c1N. The number of aryl methyl sites for hydroxylation is 1. The summed E-state index contributed by atoms with van der Waals surface area (Å²) in [6, 6.07) is 3.79. The second-order valence-electron chi connectivity index (χ2n) is 2.80. The maximum Gasteiger partial charge on any atom is 0.0397 e. The predicted octanol–water partition coefficient (Wildman–Crippen LogP) is 1.94.